The number of aliphatic hydroxyl groups excluding tert-OH is 1. The molecule has 1 aromatic heterocycles. The summed E-state index contributed by atoms with van der Waals surface area (Å²) in [5.74, 6) is -3.90. The van der Waals surface area contributed by atoms with E-state index in [1.807, 2.05) is 13.8 Å². The van der Waals surface area contributed by atoms with Gasteiger partial charge in [0, 0.05) is 17.0 Å². The van der Waals surface area contributed by atoms with Gasteiger partial charge >= 0.3 is 11.9 Å². The molecule has 0 saturated carbocycles. The smallest absolute Gasteiger partial charge is 0.348 e. The Morgan fingerprint density at radius 1 is 0.889 bits per heavy atom. The molecular weight excluding hydrogens is 486 g/mol. The first kappa shape index (κ1) is 31.5. The maximum atomic E-state index is 13.0. The fraction of sp³-hybridized carbons (Fsp3) is 0.720. The van der Waals surface area contributed by atoms with Gasteiger partial charge < -0.3 is 25.2 Å². The van der Waals surface area contributed by atoms with Gasteiger partial charge in [0.05, 0.1) is 0 Å². The number of anilines is 1. The molecule has 0 aliphatic carbocycles. The number of aromatic nitrogens is 1. The molecule has 0 spiro atoms. The van der Waals surface area contributed by atoms with Crippen LogP contribution in [0.4, 0.5) is 5.13 Å². The van der Waals surface area contributed by atoms with Crippen LogP contribution in [0.3, 0.4) is 0 Å². The highest BCUT2D eigenvalue weighted by atomic mass is 32.1. The predicted octanol–water partition coefficient (Wildman–Crippen LogP) is 3.25. The minimum Gasteiger partial charge on any atom is -0.449 e. The van der Waals surface area contributed by atoms with Gasteiger partial charge in [-0.05, 0) is 24.2 Å². The number of carbonyl (C=O) groups is 4. The predicted molar refractivity (Wildman–Crippen MR) is 137 cm³/mol. The topological polar surface area (TPSA) is 144 Å². The normalized spacial score (nSPS) is 14.9. The molecular formula is C25H41N3O7S. The molecule has 10 nitrogen and oxygen atoms in total. The summed E-state index contributed by atoms with van der Waals surface area (Å²) in [7, 11) is 0. The van der Waals surface area contributed by atoms with Crippen LogP contribution in [0.15, 0.2) is 6.20 Å². The number of nitrogens with one attached hydrogen (secondary N) is 2. The van der Waals surface area contributed by atoms with Gasteiger partial charge in [0.2, 0.25) is 12.0 Å². The minimum absolute atomic E-state index is 0.277. The van der Waals surface area contributed by atoms with E-state index in [0.29, 0.717) is 11.6 Å². The number of thiazole rings is 1. The first-order valence-electron chi connectivity index (χ1n) is 12.3. The molecule has 1 rings (SSSR count). The van der Waals surface area contributed by atoms with Crippen molar-refractivity contribution in [3.8, 4) is 0 Å². The average molecular weight is 528 g/mol. The Bertz CT molecular complexity index is 898. The lowest BCUT2D eigenvalue weighted by Gasteiger charge is -2.27. The van der Waals surface area contributed by atoms with Crippen molar-refractivity contribution in [1.29, 1.82) is 0 Å². The van der Waals surface area contributed by atoms with E-state index in [4.69, 9.17) is 9.47 Å². The van der Waals surface area contributed by atoms with Crippen molar-refractivity contribution in [3.63, 3.8) is 0 Å². The number of hydrogen-bond donors (Lipinski definition) is 3. The molecule has 4 unspecified atom stereocenters. The van der Waals surface area contributed by atoms with E-state index in [2.05, 4.69) is 15.6 Å². The highest BCUT2D eigenvalue weighted by Gasteiger charge is 2.36. The maximum Gasteiger partial charge on any atom is 0.348 e. The summed E-state index contributed by atoms with van der Waals surface area (Å²) in [5, 5.41) is 15.8. The maximum absolute atomic E-state index is 13.0. The third-order valence-corrected chi connectivity index (χ3v) is 6.64. The highest BCUT2D eigenvalue weighted by Crippen LogP contribution is 2.25. The zero-order valence-corrected chi connectivity index (χ0v) is 23.5. The van der Waals surface area contributed by atoms with Gasteiger partial charge in [0.15, 0.2) is 17.3 Å². The van der Waals surface area contributed by atoms with Crippen LogP contribution in [0.25, 0.3) is 0 Å². The van der Waals surface area contributed by atoms with Gasteiger partial charge in [-0.1, -0.05) is 62.3 Å². The van der Waals surface area contributed by atoms with Crippen LogP contribution in [0.1, 0.15) is 79.5 Å². The number of amides is 2. The molecule has 1 aromatic rings. The molecule has 0 fully saturated rings. The van der Waals surface area contributed by atoms with Crippen molar-refractivity contribution < 1.29 is 33.8 Å². The second-order valence-corrected chi connectivity index (χ2v) is 11.1. The monoisotopic (exact) mass is 527 g/mol. The van der Waals surface area contributed by atoms with Gasteiger partial charge in [-0.15, -0.1) is 11.3 Å². The summed E-state index contributed by atoms with van der Waals surface area (Å²) in [6.07, 6.45) is -1.90. The van der Waals surface area contributed by atoms with Crippen molar-refractivity contribution in [1.82, 2.24) is 10.3 Å². The van der Waals surface area contributed by atoms with E-state index in [1.54, 1.807) is 54.7 Å². The molecule has 0 aromatic carbocycles. The van der Waals surface area contributed by atoms with Crippen molar-refractivity contribution in [2.45, 2.75) is 99.0 Å². The molecule has 1 heterocycles. The van der Waals surface area contributed by atoms with Crippen LogP contribution < -0.4 is 10.6 Å². The Morgan fingerprint density at radius 3 is 1.89 bits per heavy atom. The summed E-state index contributed by atoms with van der Waals surface area (Å²) >= 11 is 1.37. The number of rotatable bonds is 13. The largest absolute Gasteiger partial charge is 0.449 e. The summed E-state index contributed by atoms with van der Waals surface area (Å²) in [6, 6.07) is -0.872. The van der Waals surface area contributed by atoms with Gasteiger partial charge in [-0.3, -0.25) is 9.59 Å². The zero-order chi connectivity index (χ0) is 27.7. The van der Waals surface area contributed by atoms with Crippen LogP contribution in [-0.2, 0) is 28.7 Å². The van der Waals surface area contributed by atoms with Crippen LogP contribution in [0.5, 0.6) is 0 Å². The number of nitrogens with zero attached hydrogens (tertiary/aromatic N) is 1. The molecule has 2 amide bonds. The summed E-state index contributed by atoms with van der Waals surface area (Å²) in [4.78, 5) is 56.1. The lowest BCUT2D eigenvalue weighted by molar-refractivity contribution is -0.183. The fourth-order valence-corrected chi connectivity index (χ4v) is 3.84. The molecule has 0 saturated heterocycles. The average Bonchev–Trinajstić information content (AvgIpc) is 3.26. The molecule has 0 radical (unpaired) electrons. The van der Waals surface area contributed by atoms with E-state index >= 15 is 0 Å². The van der Waals surface area contributed by atoms with Crippen LogP contribution in [-0.4, -0.2) is 58.2 Å². The van der Waals surface area contributed by atoms with E-state index in [1.165, 1.54) is 11.3 Å². The SMILES string of the molecule is CCC(NC(=O)C(OC(=O)C(OC(=O)C(O)C(C)C)C(C)C)C(C)C)C(=O)Nc1ncc(C(C)C)s1. The van der Waals surface area contributed by atoms with Crippen LogP contribution in [0.2, 0.25) is 0 Å². The zero-order valence-electron chi connectivity index (χ0n) is 22.7. The minimum atomic E-state index is -1.39. The third-order valence-electron chi connectivity index (χ3n) is 5.42. The fourth-order valence-electron chi connectivity index (χ4n) is 3.02. The van der Waals surface area contributed by atoms with Gasteiger partial charge in [-0.2, -0.15) is 0 Å². The second-order valence-electron chi connectivity index (χ2n) is 10.1. The van der Waals surface area contributed by atoms with E-state index in [-0.39, 0.29) is 5.92 Å². The molecule has 0 bridgehead atoms. The molecule has 4 atom stereocenters. The number of esters is 2. The Hall–Kier alpha value is -2.53. The molecule has 3 N–H and O–H groups in total. The Balaban J connectivity index is 2.90. The van der Waals surface area contributed by atoms with Gasteiger partial charge in [-0.25, -0.2) is 14.6 Å². The van der Waals surface area contributed by atoms with E-state index < -0.39 is 65.9 Å². The summed E-state index contributed by atoms with van der Waals surface area (Å²) in [5.41, 5.74) is 0. The molecule has 0 aliphatic heterocycles. The van der Waals surface area contributed by atoms with Crippen molar-refractivity contribution >= 4 is 40.2 Å². The first-order valence-corrected chi connectivity index (χ1v) is 13.2. The lowest BCUT2D eigenvalue weighted by Crippen LogP contribution is -2.50. The molecule has 36 heavy (non-hydrogen) atoms. The molecule has 11 heteroatoms. The Morgan fingerprint density at radius 2 is 1.44 bits per heavy atom. The quantitative estimate of drug-likeness (QED) is 0.332. The van der Waals surface area contributed by atoms with Crippen molar-refractivity contribution in [2.75, 3.05) is 5.32 Å². The lowest BCUT2D eigenvalue weighted by atomic mass is 10.0. The first-order chi connectivity index (χ1) is 16.7. The number of aliphatic hydroxyl groups is 1. The van der Waals surface area contributed by atoms with Crippen molar-refractivity contribution in [2.24, 2.45) is 17.8 Å². The molecule has 204 valence electrons. The summed E-state index contributed by atoms with van der Waals surface area (Å²) in [6.45, 7) is 15.8. The highest BCUT2D eigenvalue weighted by molar-refractivity contribution is 7.15. The van der Waals surface area contributed by atoms with Gasteiger partial charge in [0.25, 0.3) is 5.91 Å². The standard InChI is InChI=1S/C25H41N3O7S/c1-10-16(21(30)28-25-26-11-17(36-25)12(2)3)27-22(31)19(14(6)7)34-24(33)20(15(8)9)35-23(32)18(29)13(4)5/h11-16,18-20,29H,10H2,1-9H3,(H,27,31)(H,26,28,30). The van der Waals surface area contributed by atoms with Gasteiger partial charge in [0.1, 0.15) is 6.04 Å². The Labute approximate surface area is 217 Å². The van der Waals surface area contributed by atoms with E-state index in [0.717, 1.165) is 4.88 Å². The second kappa shape index (κ2) is 14.3. The Kier molecular flexibility index (Phi) is 12.5. The summed E-state index contributed by atoms with van der Waals surface area (Å²) < 4.78 is 10.7. The number of hydrogen-bond acceptors (Lipinski definition) is 9. The van der Waals surface area contributed by atoms with Crippen LogP contribution in [0, 0.1) is 17.8 Å². The van der Waals surface area contributed by atoms with E-state index in [9.17, 15) is 24.3 Å². The number of carbonyl (C=O) groups excluding carboxylic acids is 4. The van der Waals surface area contributed by atoms with Crippen LogP contribution >= 0.6 is 11.3 Å². The van der Waals surface area contributed by atoms with Crippen molar-refractivity contribution in [3.05, 3.63) is 11.1 Å². The number of ether oxygens (including phenoxy) is 2. The third kappa shape index (κ3) is 9.16. The molecule has 0 aliphatic rings.